The molecular weight excluding hydrogens is 901 g/mol. The fourth-order valence-electron chi connectivity index (χ4n) is 9.71. The zero-order valence-corrected chi connectivity index (χ0v) is 49.2. The summed E-state index contributed by atoms with van der Waals surface area (Å²) in [5.74, 6) is -0.863. The molecule has 0 N–H and O–H groups in total. The highest BCUT2D eigenvalue weighted by Gasteiger charge is 2.19. The lowest BCUT2D eigenvalue weighted by molar-refractivity contribution is -0.167. The Bertz CT molecular complexity index is 1220. The summed E-state index contributed by atoms with van der Waals surface area (Å²) in [4.78, 5) is 38.1. The summed E-state index contributed by atoms with van der Waals surface area (Å²) in [5.41, 5.74) is 0. The molecule has 0 saturated carbocycles. The molecule has 0 radical (unpaired) electrons. The minimum Gasteiger partial charge on any atom is -0.462 e. The van der Waals surface area contributed by atoms with Crippen molar-refractivity contribution in [3.63, 3.8) is 0 Å². The van der Waals surface area contributed by atoms with E-state index >= 15 is 0 Å². The number of rotatable bonds is 60. The Labute approximate surface area is 455 Å². The zero-order valence-electron chi connectivity index (χ0n) is 49.2. The van der Waals surface area contributed by atoms with E-state index in [1.165, 1.54) is 244 Å². The van der Waals surface area contributed by atoms with Crippen LogP contribution in [0.25, 0.3) is 0 Å². The molecule has 73 heavy (non-hydrogen) atoms. The molecule has 0 rings (SSSR count). The maximum Gasteiger partial charge on any atom is 0.306 e. The molecule has 0 aliphatic heterocycles. The minimum atomic E-state index is -0.772. The summed E-state index contributed by atoms with van der Waals surface area (Å²) in [6.07, 6.45) is 76.1. The van der Waals surface area contributed by atoms with Gasteiger partial charge in [0.2, 0.25) is 0 Å². The molecule has 0 saturated heterocycles. The second-order valence-corrected chi connectivity index (χ2v) is 22.0. The molecular formula is C67H124O6. The van der Waals surface area contributed by atoms with E-state index in [0.717, 1.165) is 70.6 Å². The van der Waals surface area contributed by atoms with E-state index < -0.39 is 6.10 Å². The predicted octanol–water partition coefficient (Wildman–Crippen LogP) is 22.0. The van der Waals surface area contributed by atoms with Crippen molar-refractivity contribution in [1.82, 2.24) is 0 Å². The maximum absolute atomic E-state index is 12.8. The topological polar surface area (TPSA) is 78.9 Å². The Morgan fingerprint density at radius 3 is 0.781 bits per heavy atom. The van der Waals surface area contributed by atoms with Gasteiger partial charge in [0.25, 0.3) is 0 Å². The first kappa shape index (κ1) is 70.6. The van der Waals surface area contributed by atoms with E-state index in [4.69, 9.17) is 14.2 Å². The highest BCUT2D eigenvalue weighted by molar-refractivity contribution is 5.71. The van der Waals surface area contributed by atoms with Gasteiger partial charge in [-0.3, -0.25) is 14.4 Å². The van der Waals surface area contributed by atoms with E-state index in [1.54, 1.807) is 0 Å². The summed E-state index contributed by atoms with van der Waals surface area (Å²) < 4.78 is 16.9. The molecule has 0 fully saturated rings. The third kappa shape index (κ3) is 60.4. The first-order valence-electron chi connectivity index (χ1n) is 32.5. The molecule has 1 unspecified atom stereocenters. The average Bonchev–Trinajstić information content (AvgIpc) is 3.39. The lowest BCUT2D eigenvalue weighted by Crippen LogP contribution is -2.30. The third-order valence-corrected chi connectivity index (χ3v) is 14.6. The molecule has 0 aromatic heterocycles. The van der Waals surface area contributed by atoms with Crippen molar-refractivity contribution >= 4 is 17.9 Å². The summed E-state index contributed by atoms with van der Waals surface area (Å²) in [5, 5.41) is 0. The number of hydrogen-bond acceptors (Lipinski definition) is 6. The van der Waals surface area contributed by atoms with Gasteiger partial charge in [-0.25, -0.2) is 0 Å². The summed E-state index contributed by atoms with van der Waals surface area (Å²) in [6, 6.07) is 0. The third-order valence-electron chi connectivity index (χ3n) is 14.6. The van der Waals surface area contributed by atoms with Crippen LogP contribution in [0.5, 0.6) is 0 Å². The van der Waals surface area contributed by atoms with Gasteiger partial charge in [-0.15, -0.1) is 0 Å². The Hall–Kier alpha value is -2.37. The van der Waals surface area contributed by atoms with Crippen LogP contribution in [0, 0.1) is 0 Å². The molecule has 0 spiro atoms. The van der Waals surface area contributed by atoms with E-state index in [1.807, 2.05) is 0 Å². The van der Waals surface area contributed by atoms with Crippen molar-refractivity contribution in [1.29, 1.82) is 0 Å². The second-order valence-electron chi connectivity index (χ2n) is 22.0. The molecule has 0 bridgehead atoms. The van der Waals surface area contributed by atoms with Gasteiger partial charge in [0, 0.05) is 19.3 Å². The average molecular weight is 1030 g/mol. The van der Waals surface area contributed by atoms with Gasteiger partial charge in [-0.2, -0.15) is 0 Å². The lowest BCUT2D eigenvalue weighted by Gasteiger charge is -2.18. The van der Waals surface area contributed by atoms with Gasteiger partial charge in [0.1, 0.15) is 13.2 Å². The van der Waals surface area contributed by atoms with Gasteiger partial charge in [-0.05, 0) is 77.0 Å². The molecule has 0 aliphatic carbocycles. The first-order valence-corrected chi connectivity index (χ1v) is 32.5. The van der Waals surface area contributed by atoms with Crippen molar-refractivity contribution in [3.8, 4) is 0 Å². The molecule has 6 heteroatoms. The molecule has 0 heterocycles. The fraction of sp³-hybridized carbons (Fsp3) is 0.866. The SMILES string of the molecule is CCCCCC/C=C\C/C=C\CCCCCCCCCC(=O)OC(COC(=O)CCCCCCCCCC)COC(=O)CCCCCCCCCCCCCCCCCCC/C=C\CCCCCCCCCC. The van der Waals surface area contributed by atoms with Crippen LogP contribution in [0.15, 0.2) is 36.5 Å². The van der Waals surface area contributed by atoms with Crippen LogP contribution < -0.4 is 0 Å². The van der Waals surface area contributed by atoms with E-state index in [0.29, 0.717) is 19.3 Å². The van der Waals surface area contributed by atoms with Crippen LogP contribution in [-0.2, 0) is 28.6 Å². The second kappa shape index (κ2) is 62.2. The van der Waals surface area contributed by atoms with Crippen LogP contribution in [-0.4, -0.2) is 37.2 Å². The standard InChI is InChI=1S/C67H124O6/c1-4-7-10-13-16-19-21-23-25-27-29-30-31-32-33-34-35-36-37-38-39-41-42-44-46-48-51-54-57-60-66(69)72-63-64(62-71-65(68)59-56-53-50-18-15-12-9-6-3)73-67(70)61-58-55-52-49-47-45-43-40-28-26-24-22-20-17-14-11-8-5-2/h20,22,26-29,64H,4-19,21,23-25,30-63H2,1-3H3/b22-20-,28-26-,29-27-. The van der Waals surface area contributed by atoms with Crippen molar-refractivity contribution in [2.45, 2.75) is 361 Å². The van der Waals surface area contributed by atoms with Crippen molar-refractivity contribution in [2.75, 3.05) is 13.2 Å². The lowest BCUT2D eigenvalue weighted by atomic mass is 10.0. The highest BCUT2D eigenvalue weighted by atomic mass is 16.6. The van der Waals surface area contributed by atoms with Crippen molar-refractivity contribution < 1.29 is 28.6 Å². The van der Waals surface area contributed by atoms with Crippen molar-refractivity contribution in [3.05, 3.63) is 36.5 Å². The number of carbonyl (C=O) groups is 3. The Kier molecular flexibility index (Phi) is 60.2. The number of unbranched alkanes of at least 4 members (excludes halogenated alkanes) is 43. The van der Waals surface area contributed by atoms with Gasteiger partial charge in [-0.1, -0.05) is 295 Å². The monoisotopic (exact) mass is 1020 g/mol. The quantitative estimate of drug-likeness (QED) is 0.0261. The van der Waals surface area contributed by atoms with E-state index in [9.17, 15) is 14.4 Å². The predicted molar refractivity (Wildman–Crippen MR) is 316 cm³/mol. The van der Waals surface area contributed by atoms with Gasteiger partial charge < -0.3 is 14.2 Å². The highest BCUT2D eigenvalue weighted by Crippen LogP contribution is 2.17. The minimum absolute atomic E-state index is 0.0711. The van der Waals surface area contributed by atoms with Crippen LogP contribution >= 0.6 is 0 Å². The summed E-state index contributed by atoms with van der Waals surface area (Å²) in [6.45, 7) is 6.64. The molecule has 0 aromatic rings. The Morgan fingerprint density at radius 1 is 0.274 bits per heavy atom. The number of esters is 3. The Morgan fingerprint density at radius 2 is 0.493 bits per heavy atom. The number of hydrogen-bond donors (Lipinski definition) is 0. The smallest absolute Gasteiger partial charge is 0.306 e. The normalized spacial score (nSPS) is 12.2. The first-order chi connectivity index (χ1) is 36.0. The molecule has 428 valence electrons. The molecule has 0 aromatic carbocycles. The van der Waals surface area contributed by atoms with Crippen LogP contribution in [0.2, 0.25) is 0 Å². The van der Waals surface area contributed by atoms with E-state index in [2.05, 4.69) is 57.2 Å². The van der Waals surface area contributed by atoms with Gasteiger partial charge in [0.05, 0.1) is 0 Å². The Balaban J connectivity index is 4.07. The van der Waals surface area contributed by atoms with Gasteiger partial charge >= 0.3 is 17.9 Å². The number of carbonyl (C=O) groups excluding carboxylic acids is 3. The van der Waals surface area contributed by atoms with Crippen molar-refractivity contribution in [2.24, 2.45) is 0 Å². The largest absolute Gasteiger partial charge is 0.462 e. The molecule has 6 nitrogen and oxygen atoms in total. The zero-order chi connectivity index (χ0) is 52.9. The van der Waals surface area contributed by atoms with Crippen LogP contribution in [0.1, 0.15) is 355 Å². The van der Waals surface area contributed by atoms with Crippen LogP contribution in [0.3, 0.4) is 0 Å². The fourth-order valence-corrected chi connectivity index (χ4v) is 9.71. The van der Waals surface area contributed by atoms with E-state index in [-0.39, 0.29) is 31.1 Å². The molecule has 0 amide bonds. The number of ether oxygens (including phenoxy) is 3. The summed E-state index contributed by atoms with van der Waals surface area (Å²) >= 11 is 0. The molecule has 0 aliphatic rings. The summed E-state index contributed by atoms with van der Waals surface area (Å²) in [7, 11) is 0. The molecule has 1 atom stereocenters. The van der Waals surface area contributed by atoms with Gasteiger partial charge in [0.15, 0.2) is 6.10 Å². The van der Waals surface area contributed by atoms with Crippen LogP contribution in [0.4, 0.5) is 0 Å². The maximum atomic E-state index is 12.8. The number of allylic oxidation sites excluding steroid dienone is 6.